The fraction of sp³-hybridized carbons (Fsp3) is 0.370. The number of thiazole rings is 1. The Balaban J connectivity index is 1.50. The fourth-order valence-corrected chi connectivity index (χ4v) is 5.88. The van der Waals surface area contributed by atoms with Gasteiger partial charge in [0.2, 0.25) is 0 Å². The zero-order valence-electron chi connectivity index (χ0n) is 21.3. The first-order valence-electron chi connectivity index (χ1n) is 12.5. The van der Waals surface area contributed by atoms with Crippen molar-refractivity contribution in [3.63, 3.8) is 0 Å². The fourth-order valence-electron chi connectivity index (χ4n) is 5.02. The number of carbonyl (C=O) groups excluding carboxylic acids is 2. The number of oxazole rings is 1. The largest absolute Gasteiger partial charge is 0.464 e. The van der Waals surface area contributed by atoms with Gasteiger partial charge in [-0.2, -0.15) is 0 Å². The Hall–Kier alpha value is -3.57. The number of halogens is 2. The van der Waals surface area contributed by atoms with Gasteiger partial charge in [0.25, 0.3) is 0 Å². The Morgan fingerprint density at radius 1 is 1.21 bits per heavy atom. The molecule has 1 aliphatic heterocycles. The average molecular weight is 573 g/mol. The zero-order valence-corrected chi connectivity index (χ0v) is 22.9. The van der Waals surface area contributed by atoms with E-state index >= 15 is 0 Å². The molecule has 5 rings (SSSR count). The van der Waals surface area contributed by atoms with E-state index in [1.165, 1.54) is 36.8 Å². The maximum atomic E-state index is 13.9. The van der Waals surface area contributed by atoms with Gasteiger partial charge in [-0.15, -0.1) is 11.3 Å². The number of aromatic nitrogens is 2. The molecule has 0 radical (unpaired) electrons. The lowest BCUT2D eigenvalue weighted by Gasteiger charge is -2.34. The Bertz CT molecular complexity index is 1430. The third kappa shape index (κ3) is 5.60. The second kappa shape index (κ2) is 11.7. The highest BCUT2D eigenvalue weighted by Gasteiger charge is 2.38. The molecule has 0 bridgehead atoms. The molecule has 1 unspecified atom stereocenters. The quantitative estimate of drug-likeness (QED) is 0.364. The number of allylic oxidation sites excluding steroid dienone is 1. The Kier molecular flexibility index (Phi) is 8.08. The highest BCUT2D eigenvalue weighted by molar-refractivity contribution is 7.11. The first-order valence-corrected chi connectivity index (χ1v) is 13.8. The number of carbonyl (C=O) groups is 2. The first-order chi connectivity index (χ1) is 18.9. The average Bonchev–Trinajstić information content (AvgIpc) is 3.65. The summed E-state index contributed by atoms with van der Waals surface area (Å²) in [5.41, 5.74) is 1.68. The molecule has 204 valence electrons. The standard InChI is InChI=1S/C27H26ClFN4O5S/c1-3-37-27(35)20-21(14-4-6-15(7-5-14)24-31-19(13-38-24)26(34)36-2)32-23(25-30-10-11-39-25)33-22(20)17-9-8-16(29)12-18(17)28/h8-15,22H,3-7H2,1-2H3,(H,32,33)/t14-,15-,22?. The molecule has 3 heterocycles. The van der Waals surface area contributed by atoms with Crippen LogP contribution in [0.5, 0.6) is 0 Å². The number of hydrogen-bond donors (Lipinski definition) is 1. The Morgan fingerprint density at radius 3 is 2.64 bits per heavy atom. The van der Waals surface area contributed by atoms with Crippen molar-refractivity contribution in [1.29, 1.82) is 0 Å². The van der Waals surface area contributed by atoms with Gasteiger partial charge in [0.15, 0.2) is 22.4 Å². The number of ether oxygens (including phenoxy) is 2. The lowest BCUT2D eigenvalue weighted by Crippen LogP contribution is -2.38. The Morgan fingerprint density at radius 2 is 1.97 bits per heavy atom. The summed E-state index contributed by atoms with van der Waals surface area (Å²) < 4.78 is 29.7. The number of hydrogen-bond acceptors (Lipinski definition) is 10. The molecule has 1 aliphatic carbocycles. The predicted octanol–water partition coefficient (Wildman–Crippen LogP) is 5.59. The van der Waals surface area contributed by atoms with Crippen molar-refractivity contribution >= 4 is 40.7 Å². The number of esters is 2. The van der Waals surface area contributed by atoms with Gasteiger partial charge in [-0.05, 0) is 50.7 Å². The molecule has 2 aromatic heterocycles. The number of nitrogens with zero attached hydrogens (tertiary/aromatic N) is 3. The van der Waals surface area contributed by atoms with Crippen LogP contribution in [0, 0.1) is 11.7 Å². The molecule has 1 fully saturated rings. The van der Waals surface area contributed by atoms with Crippen LogP contribution >= 0.6 is 22.9 Å². The molecule has 1 saturated carbocycles. The van der Waals surface area contributed by atoms with Crippen LogP contribution in [0.2, 0.25) is 5.02 Å². The second-order valence-corrected chi connectivity index (χ2v) is 10.5. The molecule has 1 aromatic carbocycles. The highest BCUT2D eigenvalue weighted by Crippen LogP contribution is 2.43. The lowest BCUT2D eigenvalue weighted by atomic mass is 9.78. The van der Waals surface area contributed by atoms with Gasteiger partial charge >= 0.3 is 11.9 Å². The molecule has 9 nitrogen and oxygen atoms in total. The summed E-state index contributed by atoms with van der Waals surface area (Å²) in [6.45, 7) is 1.92. The Labute approximate surface area is 233 Å². The van der Waals surface area contributed by atoms with Crippen molar-refractivity contribution in [2.45, 2.75) is 44.6 Å². The van der Waals surface area contributed by atoms with Crippen molar-refractivity contribution in [2.75, 3.05) is 13.7 Å². The third-order valence-corrected chi connectivity index (χ3v) is 7.97. The molecule has 1 atom stereocenters. The third-order valence-electron chi connectivity index (χ3n) is 6.86. The van der Waals surface area contributed by atoms with E-state index in [0.29, 0.717) is 46.4 Å². The van der Waals surface area contributed by atoms with Gasteiger partial charge in [-0.3, -0.25) is 4.99 Å². The minimum atomic E-state index is -0.806. The van der Waals surface area contributed by atoms with Crippen LogP contribution < -0.4 is 5.32 Å². The molecule has 1 N–H and O–H groups in total. The van der Waals surface area contributed by atoms with E-state index in [9.17, 15) is 14.0 Å². The number of benzene rings is 1. The van der Waals surface area contributed by atoms with Crippen LogP contribution in [-0.2, 0) is 14.3 Å². The second-order valence-electron chi connectivity index (χ2n) is 9.17. The summed E-state index contributed by atoms with van der Waals surface area (Å²) in [4.78, 5) is 38.7. The maximum Gasteiger partial charge on any atom is 0.360 e. The van der Waals surface area contributed by atoms with Crippen LogP contribution in [0.25, 0.3) is 0 Å². The number of rotatable bonds is 7. The summed E-state index contributed by atoms with van der Waals surface area (Å²) in [7, 11) is 1.30. The van der Waals surface area contributed by atoms with Crippen LogP contribution in [0.1, 0.15) is 71.5 Å². The summed E-state index contributed by atoms with van der Waals surface area (Å²) in [6, 6.07) is 3.25. The van der Waals surface area contributed by atoms with Crippen molar-refractivity contribution < 1.29 is 27.9 Å². The SMILES string of the molecule is CCOC(=O)C1=C([C@H]2CC[C@H](c3nc(C(=O)OC)co3)CC2)NC(c2nccs2)=NC1c1ccc(F)cc1Cl. The normalized spacial score (nSPS) is 21.2. The molecule has 2 aliphatic rings. The maximum absolute atomic E-state index is 13.9. The summed E-state index contributed by atoms with van der Waals surface area (Å²) >= 11 is 7.88. The van der Waals surface area contributed by atoms with Crippen LogP contribution in [0.4, 0.5) is 4.39 Å². The molecule has 0 saturated heterocycles. The number of amidine groups is 1. The zero-order chi connectivity index (χ0) is 27.5. The van der Waals surface area contributed by atoms with Crippen LogP contribution in [-0.4, -0.2) is 41.5 Å². The monoisotopic (exact) mass is 572 g/mol. The predicted molar refractivity (Wildman–Crippen MR) is 142 cm³/mol. The summed E-state index contributed by atoms with van der Waals surface area (Å²) in [5.74, 6) is -0.558. The van der Waals surface area contributed by atoms with Gasteiger partial charge in [-0.25, -0.2) is 23.9 Å². The first kappa shape index (κ1) is 27.0. The van der Waals surface area contributed by atoms with E-state index in [1.807, 2.05) is 5.38 Å². The number of nitrogens with one attached hydrogen (secondary N) is 1. The van der Waals surface area contributed by atoms with Gasteiger partial charge in [0.05, 0.1) is 19.3 Å². The van der Waals surface area contributed by atoms with E-state index in [2.05, 4.69) is 15.3 Å². The van der Waals surface area contributed by atoms with Crippen molar-refractivity contribution in [2.24, 2.45) is 10.9 Å². The van der Waals surface area contributed by atoms with E-state index in [-0.39, 0.29) is 29.2 Å². The molecule has 0 spiro atoms. The molecule has 0 amide bonds. The molecule has 12 heteroatoms. The van der Waals surface area contributed by atoms with E-state index in [0.717, 1.165) is 12.8 Å². The minimum Gasteiger partial charge on any atom is -0.464 e. The topological polar surface area (TPSA) is 116 Å². The molecular formula is C27H26ClFN4O5S. The highest BCUT2D eigenvalue weighted by atomic mass is 35.5. The smallest absolute Gasteiger partial charge is 0.360 e. The number of methoxy groups -OCH3 is 1. The van der Waals surface area contributed by atoms with Crippen LogP contribution in [0.3, 0.4) is 0 Å². The molecule has 39 heavy (non-hydrogen) atoms. The summed E-state index contributed by atoms with van der Waals surface area (Å²) in [5, 5.41) is 6.05. The molecular weight excluding hydrogens is 547 g/mol. The van der Waals surface area contributed by atoms with E-state index < -0.39 is 23.8 Å². The van der Waals surface area contributed by atoms with Crippen molar-refractivity contribution in [1.82, 2.24) is 15.3 Å². The van der Waals surface area contributed by atoms with Crippen molar-refractivity contribution in [3.8, 4) is 0 Å². The van der Waals surface area contributed by atoms with E-state index in [1.54, 1.807) is 19.2 Å². The van der Waals surface area contributed by atoms with Gasteiger partial charge < -0.3 is 19.2 Å². The van der Waals surface area contributed by atoms with Gasteiger partial charge in [0.1, 0.15) is 18.1 Å². The van der Waals surface area contributed by atoms with Crippen molar-refractivity contribution in [3.05, 3.63) is 80.3 Å². The molecule has 3 aromatic rings. The minimum absolute atomic E-state index is 0.0179. The van der Waals surface area contributed by atoms with Gasteiger partial charge in [-0.1, -0.05) is 17.7 Å². The summed E-state index contributed by atoms with van der Waals surface area (Å²) in [6.07, 6.45) is 5.85. The number of aliphatic imine (C=N–C) groups is 1. The van der Waals surface area contributed by atoms with Gasteiger partial charge in [0, 0.05) is 33.8 Å². The van der Waals surface area contributed by atoms with Crippen LogP contribution in [0.15, 0.2) is 56.7 Å². The van der Waals surface area contributed by atoms with E-state index in [4.69, 9.17) is 30.5 Å². The lowest BCUT2D eigenvalue weighted by molar-refractivity contribution is -0.139.